The maximum atomic E-state index is 4.90. The van der Waals surface area contributed by atoms with E-state index in [1.165, 1.54) is 20.9 Å². The summed E-state index contributed by atoms with van der Waals surface area (Å²) in [6.45, 7) is 0. The average molecular weight is 1090 g/mol. The first-order valence-electron chi connectivity index (χ1n) is 5.92. The Hall–Kier alpha value is 11.5. The molecule has 0 aliphatic heterocycles. The molecule has 35 heavy (non-hydrogen) atoms. The summed E-state index contributed by atoms with van der Waals surface area (Å²) in [5.41, 5.74) is 0. The molecule has 0 aromatic heterocycles. The third kappa shape index (κ3) is 45.5. The van der Waals surface area contributed by atoms with Crippen LogP contribution in [0, 0.1) is 0 Å². The summed E-state index contributed by atoms with van der Waals surface area (Å²) in [6, 6.07) is 0. The summed E-state index contributed by atoms with van der Waals surface area (Å²) < 4.78 is 4.90. The molecule has 0 radical (unpaired) electrons. The monoisotopic (exact) mass is 1090 g/mol. The lowest BCUT2D eigenvalue weighted by Gasteiger charge is -1.99. The van der Waals surface area contributed by atoms with Crippen molar-refractivity contribution in [1.29, 1.82) is 0 Å². The quantitative estimate of drug-likeness (QED) is 0.0296. The predicted octanol–water partition coefficient (Wildman–Crippen LogP) is 21.2. The van der Waals surface area contributed by atoms with Crippen LogP contribution in [0.3, 0.4) is 0 Å². The average Bonchev–Trinajstić information content (AvgIpc) is 2.87. The van der Waals surface area contributed by atoms with Crippen molar-refractivity contribution in [2.45, 2.75) is 0 Å². The highest BCUT2D eigenvalue weighted by atomic mass is 34.1. The molecule has 0 aliphatic rings. The smallest absolute Gasteiger partial charge is 0.0746 e. The van der Waals surface area contributed by atoms with Crippen LogP contribution in [-0.4, -0.2) is 7.11 Å². The van der Waals surface area contributed by atoms with Gasteiger partial charge in [-0.25, -0.2) is 0 Å². The van der Waals surface area contributed by atoms with Crippen LogP contribution in [0.1, 0.15) is 0 Å². The van der Waals surface area contributed by atoms with Gasteiger partial charge in [0.15, 0.2) is 0 Å². The van der Waals surface area contributed by atoms with Gasteiger partial charge in [-0.1, -0.05) is 11.7 Å². The third-order valence-corrected chi connectivity index (χ3v) is 69.1. The van der Waals surface area contributed by atoms with Gasteiger partial charge in [0.1, 0.15) is 0 Å². The molecule has 0 atom stereocenters. The van der Waals surface area contributed by atoms with Crippen LogP contribution in [0.2, 0.25) is 0 Å². The van der Waals surface area contributed by atoms with E-state index >= 15 is 0 Å². The summed E-state index contributed by atoms with van der Waals surface area (Å²) in [5, 5.41) is 0. The minimum absolute atomic E-state index is 1.40. The second-order valence-corrected chi connectivity index (χ2v) is 58.2. The molecular weight excluding hydrogens is 1090 g/mol. The molecule has 0 spiro atoms. The first kappa shape index (κ1) is 46.5. The van der Waals surface area contributed by atoms with E-state index in [-0.39, 0.29) is 0 Å². The lowest BCUT2D eigenvalue weighted by molar-refractivity contribution is 0.498. The van der Waals surface area contributed by atoms with Gasteiger partial charge in [0.25, 0.3) is 0 Å². The molecule has 0 bridgehead atoms. The van der Waals surface area contributed by atoms with Crippen LogP contribution >= 0.6 is 327 Å². The predicted molar refractivity (Wildman–Crippen MR) is 259 cm³/mol. The van der Waals surface area contributed by atoms with Crippen molar-refractivity contribution in [3.8, 4) is 0 Å². The zero-order chi connectivity index (χ0) is 25.3. The second kappa shape index (κ2) is 45.5. The van der Waals surface area contributed by atoms with E-state index < -0.39 is 0 Å². The molecule has 0 heterocycles. The van der Waals surface area contributed by atoms with Gasteiger partial charge >= 0.3 is 0 Å². The van der Waals surface area contributed by atoms with E-state index in [1.54, 1.807) is 115 Å². The topological polar surface area (TPSA) is 9.23 Å². The minimum Gasteiger partial charge on any atom is -0.308 e. The first-order valence-corrected chi connectivity index (χ1v) is 49.1. The van der Waals surface area contributed by atoms with Gasteiger partial charge < -0.3 is 4.18 Å². The highest BCUT2D eigenvalue weighted by Crippen LogP contribution is 2.67. The van der Waals surface area contributed by atoms with Crippen molar-refractivity contribution in [1.82, 2.24) is 0 Å². The summed E-state index contributed by atoms with van der Waals surface area (Å²) in [5.74, 6) is 0. The van der Waals surface area contributed by atoms with E-state index in [0.29, 0.717) is 0 Å². The molecule has 0 N–H and O–H groups in total. The zero-order valence-corrected chi connectivity index (χ0v) is 41.9. The third-order valence-electron chi connectivity index (χ3n) is 0.932. The van der Waals surface area contributed by atoms with E-state index in [4.69, 9.17) is 4.18 Å². The molecular formula is CH4OS33. The van der Waals surface area contributed by atoms with Gasteiger partial charge in [0.05, 0.1) is 18.2 Å². The van der Waals surface area contributed by atoms with E-state index in [0.717, 1.165) is 0 Å². The summed E-state index contributed by atoms with van der Waals surface area (Å²) in [7, 11) is 57.0. The molecule has 0 rings (SSSR count). The molecule has 0 saturated heterocycles. The maximum absolute atomic E-state index is 4.90. The van der Waals surface area contributed by atoms with E-state index in [2.05, 4.69) is 11.7 Å². The molecule has 34 heteroatoms. The maximum Gasteiger partial charge on any atom is 0.0746 e. The van der Waals surface area contributed by atoms with Crippen LogP contribution in [0.15, 0.2) is 0 Å². The normalized spacial score (nSPS) is 11.5. The molecule has 0 aromatic rings. The Bertz CT molecular complexity index is 314. The number of rotatable bonds is 32. The largest absolute Gasteiger partial charge is 0.308 e. The van der Waals surface area contributed by atoms with E-state index in [1.807, 2.05) is 187 Å². The van der Waals surface area contributed by atoms with Gasteiger partial charge in [-0.05, 0) is 78.6 Å². The Morgan fingerprint density at radius 3 is 0.629 bits per heavy atom. The van der Waals surface area contributed by atoms with Crippen molar-refractivity contribution in [3.05, 3.63) is 0 Å². The number of hydrogen-bond acceptors (Lipinski definition) is 34. The van der Waals surface area contributed by atoms with Gasteiger partial charge in [-0.2, -0.15) is 0 Å². The summed E-state index contributed by atoms with van der Waals surface area (Å²) in [6.07, 6.45) is 0. The molecule has 0 saturated carbocycles. The Kier molecular flexibility index (Phi) is 60.5. The number of thiol groups is 1. The van der Waals surface area contributed by atoms with Gasteiger partial charge in [-0.3, -0.25) is 0 Å². The van der Waals surface area contributed by atoms with Crippen LogP contribution in [0.5, 0.6) is 0 Å². The molecule has 212 valence electrons. The fourth-order valence-corrected chi connectivity index (χ4v) is 81.8. The highest BCUT2D eigenvalue weighted by molar-refractivity contribution is 9.61. The Morgan fingerprint density at radius 2 is 0.457 bits per heavy atom. The Balaban J connectivity index is 3.00. The Labute approximate surface area is 330 Å². The molecule has 0 amide bonds. The lowest BCUT2D eigenvalue weighted by Crippen LogP contribution is -1.51. The van der Waals surface area contributed by atoms with Crippen molar-refractivity contribution >= 4 is 327 Å². The molecule has 0 aromatic carbocycles. The summed E-state index contributed by atoms with van der Waals surface area (Å²) in [4.78, 5) is 0. The SMILES string of the molecule is COSSSSSSSSSSSSSSSSSSSSSSSSSSSSSSSSS. The van der Waals surface area contributed by atoms with Crippen LogP contribution in [0.25, 0.3) is 0 Å². The van der Waals surface area contributed by atoms with E-state index in [9.17, 15) is 0 Å². The second-order valence-electron chi connectivity index (χ2n) is 2.35. The van der Waals surface area contributed by atoms with Gasteiger partial charge in [-0.15, -0.1) is 0 Å². The van der Waals surface area contributed by atoms with Gasteiger partial charge in [0, 0.05) is 226 Å². The molecule has 0 unspecified atom stereocenters. The molecule has 1 nitrogen and oxygen atoms in total. The van der Waals surface area contributed by atoms with Crippen LogP contribution in [0.4, 0.5) is 0 Å². The zero-order valence-electron chi connectivity index (χ0n) is 14.9. The highest BCUT2D eigenvalue weighted by Gasteiger charge is 2.02. The summed E-state index contributed by atoms with van der Waals surface area (Å²) >= 11 is 5.47. The van der Waals surface area contributed by atoms with Crippen LogP contribution < -0.4 is 0 Å². The van der Waals surface area contributed by atoms with Crippen molar-refractivity contribution in [2.75, 3.05) is 7.11 Å². The van der Waals surface area contributed by atoms with Gasteiger partial charge in [0.2, 0.25) is 0 Å². The fraction of sp³-hybridized carbons (Fsp3) is 1.00. The van der Waals surface area contributed by atoms with Crippen molar-refractivity contribution in [2.24, 2.45) is 0 Å². The minimum atomic E-state index is 1.40. The first-order chi connectivity index (χ1) is 17.4. The fourth-order valence-electron chi connectivity index (χ4n) is 0.369. The molecule has 0 fully saturated rings. The van der Waals surface area contributed by atoms with Crippen molar-refractivity contribution in [3.63, 3.8) is 0 Å². The van der Waals surface area contributed by atoms with Crippen LogP contribution in [-0.2, 0) is 4.18 Å². The van der Waals surface area contributed by atoms with Crippen molar-refractivity contribution < 1.29 is 4.18 Å². The number of hydrogen-bond donors (Lipinski definition) is 1. The standard InChI is InChI=1S/CH4OS33/c1-2-4-6-8-10-12-14-16-18-20-22-24-26-28-30-32-34-35-33-31-29-27-25-23-21-19-17-15-13-11-9-7-5-3/h3H,1H3. The Morgan fingerprint density at radius 1 is 0.286 bits per heavy atom. The molecule has 0 aliphatic carbocycles. The lowest BCUT2D eigenvalue weighted by atomic mass is 11.8.